The molecule has 1 aromatic heterocycles. The molecular formula is C12H14FN3O3S. The Morgan fingerprint density at radius 2 is 1.90 bits per heavy atom. The number of nitrogens with two attached hydrogens (primary N) is 1. The lowest BCUT2D eigenvalue weighted by Gasteiger charge is -2.10. The van der Waals surface area contributed by atoms with Crippen LogP contribution < -0.4 is 10.5 Å². The maximum atomic E-state index is 13.6. The highest BCUT2D eigenvalue weighted by molar-refractivity contribution is 7.92. The first kappa shape index (κ1) is 14.3. The van der Waals surface area contributed by atoms with Crippen molar-refractivity contribution in [2.24, 2.45) is 0 Å². The number of halogens is 1. The Hall–Kier alpha value is -2.09. The van der Waals surface area contributed by atoms with Crippen molar-refractivity contribution in [3.8, 4) is 0 Å². The predicted octanol–water partition coefficient (Wildman–Crippen LogP) is 2.12. The maximum Gasteiger partial charge on any atom is 0.264 e. The summed E-state index contributed by atoms with van der Waals surface area (Å²) < 4.78 is 45.2. The van der Waals surface area contributed by atoms with Crippen LogP contribution in [0.3, 0.4) is 0 Å². The van der Waals surface area contributed by atoms with Gasteiger partial charge in [-0.25, -0.2) is 17.5 Å². The zero-order valence-electron chi connectivity index (χ0n) is 11.2. The van der Waals surface area contributed by atoms with Crippen molar-refractivity contribution in [1.82, 2.24) is 5.16 Å². The van der Waals surface area contributed by atoms with E-state index in [4.69, 9.17) is 10.3 Å². The molecule has 8 heteroatoms. The minimum Gasteiger partial charge on any atom is -0.399 e. The van der Waals surface area contributed by atoms with Crippen molar-refractivity contribution >= 4 is 21.6 Å². The molecule has 0 saturated heterocycles. The van der Waals surface area contributed by atoms with Gasteiger partial charge in [-0.3, -0.25) is 0 Å². The summed E-state index contributed by atoms with van der Waals surface area (Å²) in [4.78, 5) is -0.233. The number of rotatable bonds is 3. The Balaban J connectivity index is 2.49. The molecular weight excluding hydrogens is 285 g/mol. The summed E-state index contributed by atoms with van der Waals surface area (Å²) in [5.74, 6) is -0.680. The quantitative estimate of drug-likeness (QED) is 0.846. The molecule has 2 aromatic rings. The number of benzene rings is 1. The van der Waals surface area contributed by atoms with Crippen molar-refractivity contribution in [2.75, 3.05) is 10.5 Å². The number of anilines is 2. The maximum absolute atomic E-state index is 13.6. The van der Waals surface area contributed by atoms with Gasteiger partial charge in [-0.15, -0.1) is 0 Å². The number of nitrogens with one attached hydrogen (secondary N) is 1. The van der Waals surface area contributed by atoms with Crippen LogP contribution in [0, 0.1) is 26.6 Å². The third-order valence-electron chi connectivity index (χ3n) is 2.99. The monoisotopic (exact) mass is 299 g/mol. The van der Waals surface area contributed by atoms with E-state index in [0.717, 1.165) is 6.07 Å². The first-order valence-electron chi connectivity index (χ1n) is 5.73. The van der Waals surface area contributed by atoms with Crippen molar-refractivity contribution in [3.05, 3.63) is 34.8 Å². The summed E-state index contributed by atoms with van der Waals surface area (Å²) in [6.45, 7) is 4.71. The number of sulfonamides is 1. The molecule has 0 atom stereocenters. The first-order valence-corrected chi connectivity index (χ1v) is 7.22. The minimum atomic E-state index is -4.00. The highest BCUT2D eigenvalue weighted by atomic mass is 32.2. The largest absolute Gasteiger partial charge is 0.399 e. The van der Waals surface area contributed by atoms with Crippen LogP contribution in [0.5, 0.6) is 0 Å². The van der Waals surface area contributed by atoms with Crippen LogP contribution >= 0.6 is 0 Å². The van der Waals surface area contributed by atoms with Crippen LogP contribution in [-0.4, -0.2) is 13.6 Å². The molecule has 108 valence electrons. The molecule has 2 rings (SSSR count). The van der Waals surface area contributed by atoms with E-state index in [1.165, 1.54) is 13.0 Å². The molecule has 0 saturated carbocycles. The first-order chi connectivity index (χ1) is 9.22. The Morgan fingerprint density at radius 3 is 2.45 bits per heavy atom. The topological polar surface area (TPSA) is 98.2 Å². The van der Waals surface area contributed by atoms with Gasteiger partial charge in [0, 0.05) is 16.8 Å². The van der Waals surface area contributed by atoms with Gasteiger partial charge in [0.2, 0.25) is 5.88 Å². The molecule has 0 spiro atoms. The van der Waals surface area contributed by atoms with Crippen LogP contribution in [0.4, 0.5) is 16.0 Å². The SMILES string of the molecule is Cc1noc(NS(=O)(=O)c2cc(N)cc(F)c2C)c1C. The Kier molecular flexibility index (Phi) is 3.43. The molecule has 0 radical (unpaired) electrons. The summed E-state index contributed by atoms with van der Waals surface area (Å²) in [5.41, 5.74) is 6.63. The number of aromatic nitrogens is 1. The molecule has 0 aliphatic heterocycles. The molecule has 0 unspecified atom stereocenters. The molecule has 1 heterocycles. The Morgan fingerprint density at radius 1 is 1.25 bits per heavy atom. The van der Waals surface area contributed by atoms with Gasteiger partial charge in [-0.2, -0.15) is 0 Å². The van der Waals surface area contributed by atoms with Gasteiger partial charge in [0.05, 0.1) is 10.6 Å². The third kappa shape index (κ3) is 2.46. The van der Waals surface area contributed by atoms with Gasteiger partial charge in [-0.1, -0.05) is 5.16 Å². The van der Waals surface area contributed by atoms with Crippen LogP contribution in [0.25, 0.3) is 0 Å². The Bertz CT molecular complexity index is 768. The summed E-state index contributed by atoms with van der Waals surface area (Å²) in [6, 6.07) is 2.26. The van der Waals surface area contributed by atoms with E-state index >= 15 is 0 Å². The minimum absolute atomic E-state index is 0.00438. The summed E-state index contributed by atoms with van der Waals surface area (Å²) in [7, 11) is -4.00. The summed E-state index contributed by atoms with van der Waals surface area (Å²) >= 11 is 0. The summed E-state index contributed by atoms with van der Waals surface area (Å²) in [5, 5.41) is 3.65. The van der Waals surface area contributed by atoms with Gasteiger partial charge >= 0.3 is 0 Å². The third-order valence-corrected chi connectivity index (χ3v) is 4.45. The summed E-state index contributed by atoms with van der Waals surface area (Å²) in [6.07, 6.45) is 0. The predicted molar refractivity (Wildman–Crippen MR) is 72.3 cm³/mol. The van der Waals surface area contributed by atoms with E-state index in [1.807, 2.05) is 0 Å². The average Bonchev–Trinajstić information content (AvgIpc) is 2.65. The second-order valence-corrected chi connectivity index (χ2v) is 6.10. The lowest BCUT2D eigenvalue weighted by atomic mass is 10.2. The van der Waals surface area contributed by atoms with Gasteiger partial charge < -0.3 is 10.3 Å². The number of aryl methyl sites for hydroxylation is 1. The zero-order chi connectivity index (χ0) is 15.1. The average molecular weight is 299 g/mol. The fraction of sp³-hybridized carbons (Fsp3) is 0.250. The van der Waals surface area contributed by atoms with Gasteiger partial charge in [-0.05, 0) is 32.9 Å². The smallest absolute Gasteiger partial charge is 0.264 e. The molecule has 0 amide bonds. The lowest BCUT2D eigenvalue weighted by Crippen LogP contribution is -2.15. The molecule has 20 heavy (non-hydrogen) atoms. The Labute approximate surface area is 115 Å². The molecule has 0 bridgehead atoms. The van der Waals surface area contributed by atoms with Gasteiger partial charge in [0.25, 0.3) is 10.0 Å². The van der Waals surface area contributed by atoms with Crippen molar-refractivity contribution in [1.29, 1.82) is 0 Å². The van der Waals surface area contributed by atoms with E-state index in [-0.39, 0.29) is 22.0 Å². The fourth-order valence-electron chi connectivity index (χ4n) is 1.64. The number of nitrogens with zero attached hydrogens (tertiary/aromatic N) is 1. The zero-order valence-corrected chi connectivity index (χ0v) is 12.0. The molecule has 1 aromatic carbocycles. The lowest BCUT2D eigenvalue weighted by molar-refractivity contribution is 0.430. The highest BCUT2D eigenvalue weighted by Gasteiger charge is 2.23. The van der Waals surface area contributed by atoms with E-state index in [1.54, 1.807) is 13.8 Å². The fourth-order valence-corrected chi connectivity index (χ4v) is 2.98. The molecule has 6 nitrogen and oxygen atoms in total. The number of hydrogen-bond acceptors (Lipinski definition) is 5. The normalized spacial score (nSPS) is 11.6. The highest BCUT2D eigenvalue weighted by Crippen LogP contribution is 2.26. The van der Waals surface area contributed by atoms with Crippen LogP contribution in [0.15, 0.2) is 21.6 Å². The van der Waals surface area contributed by atoms with Gasteiger partial charge in [0.1, 0.15) is 5.82 Å². The molecule has 3 N–H and O–H groups in total. The number of hydrogen-bond donors (Lipinski definition) is 2. The van der Waals surface area contributed by atoms with E-state index in [9.17, 15) is 12.8 Å². The van der Waals surface area contributed by atoms with Crippen molar-refractivity contribution in [3.63, 3.8) is 0 Å². The standard InChI is InChI=1S/C12H14FN3O3S/c1-6-8(3)15-19-12(6)16-20(17,18)11-5-9(14)4-10(13)7(11)2/h4-5,16H,14H2,1-3H3. The van der Waals surface area contributed by atoms with Crippen LogP contribution in [0.1, 0.15) is 16.8 Å². The molecule has 0 aliphatic rings. The van der Waals surface area contributed by atoms with Crippen molar-refractivity contribution in [2.45, 2.75) is 25.7 Å². The van der Waals surface area contributed by atoms with E-state index in [2.05, 4.69) is 9.88 Å². The second-order valence-electron chi connectivity index (χ2n) is 4.45. The number of nitrogen functional groups attached to an aromatic ring is 1. The molecule has 0 fully saturated rings. The second kappa shape index (κ2) is 4.78. The van der Waals surface area contributed by atoms with E-state index < -0.39 is 15.8 Å². The van der Waals surface area contributed by atoms with Gasteiger partial charge in [0.15, 0.2) is 0 Å². The van der Waals surface area contributed by atoms with E-state index in [0.29, 0.717) is 11.3 Å². The molecule has 0 aliphatic carbocycles. The van der Waals surface area contributed by atoms with Crippen molar-refractivity contribution < 1.29 is 17.3 Å². The van der Waals surface area contributed by atoms with Crippen LogP contribution in [0.2, 0.25) is 0 Å². The van der Waals surface area contributed by atoms with Crippen LogP contribution in [-0.2, 0) is 10.0 Å².